The number of nitrogens with zero attached hydrogens (tertiary/aromatic N) is 2. The summed E-state index contributed by atoms with van der Waals surface area (Å²) in [5.41, 5.74) is 5.20. The molecule has 186 valence electrons. The van der Waals surface area contributed by atoms with Crippen LogP contribution in [0.3, 0.4) is 0 Å². The number of carbonyl (C=O) groups excluding carboxylic acids is 2. The third kappa shape index (κ3) is 7.13. The summed E-state index contributed by atoms with van der Waals surface area (Å²) in [4.78, 5) is 34.7. The highest BCUT2D eigenvalue weighted by molar-refractivity contribution is 5.92. The SMILES string of the molecule is CCOc1cc(/C=N/NC(=O)COc2ccc(C)c(C)c2)ccc1OC(=O)c1ccc([N+](=O)[O-])cc1. The second kappa shape index (κ2) is 12.1. The van der Waals surface area contributed by atoms with Gasteiger partial charge < -0.3 is 14.2 Å². The Morgan fingerprint density at radius 3 is 2.39 bits per heavy atom. The van der Waals surface area contributed by atoms with E-state index < -0.39 is 16.8 Å². The van der Waals surface area contributed by atoms with E-state index in [1.165, 1.54) is 36.5 Å². The van der Waals surface area contributed by atoms with Crippen molar-refractivity contribution in [1.82, 2.24) is 5.43 Å². The van der Waals surface area contributed by atoms with E-state index in [9.17, 15) is 19.7 Å². The van der Waals surface area contributed by atoms with Crippen LogP contribution in [0.15, 0.2) is 65.8 Å². The van der Waals surface area contributed by atoms with Gasteiger partial charge in [0.25, 0.3) is 11.6 Å². The van der Waals surface area contributed by atoms with Crippen molar-refractivity contribution in [3.8, 4) is 17.2 Å². The van der Waals surface area contributed by atoms with Crippen molar-refractivity contribution < 1.29 is 28.7 Å². The number of hydrogen-bond acceptors (Lipinski definition) is 8. The molecule has 0 saturated carbocycles. The largest absolute Gasteiger partial charge is 0.490 e. The number of nitro groups is 1. The van der Waals surface area contributed by atoms with Crippen LogP contribution in [-0.4, -0.2) is 36.2 Å². The molecule has 0 atom stereocenters. The molecule has 0 aromatic heterocycles. The second-order valence-electron chi connectivity index (χ2n) is 7.66. The molecule has 3 aromatic rings. The van der Waals surface area contributed by atoms with Gasteiger partial charge in [-0.05, 0) is 79.9 Å². The Labute approximate surface area is 207 Å². The molecule has 3 aromatic carbocycles. The van der Waals surface area contributed by atoms with Gasteiger partial charge in [-0.15, -0.1) is 0 Å². The molecule has 36 heavy (non-hydrogen) atoms. The molecule has 0 spiro atoms. The van der Waals surface area contributed by atoms with Crippen LogP contribution in [0.5, 0.6) is 17.2 Å². The van der Waals surface area contributed by atoms with Gasteiger partial charge in [0.1, 0.15) is 5.75 Å². The zero-order valence-corrected chi connectivity index (χ0v) is 20.0. The standard InChI is InChI=1S/C26H25N3O7/c1-4-34-24-14-19(15-27-28-25(30)16-35-22-11-5-17(2)18(3)13-22)6-12-23(24)36-26(31)20-7-9-21(10-8-20)29(32)33/h5-15H,4,16H2,1-3H3,(H,28,30)/b27-15+. The number of rotatable bonds is 10. The number of carbonyl (C=O) groups is 2. The lowest BCUT2D eigenvalue weighted by atomic mass is 10.1. The van der Waals surface area contributed by atoms with E-state index in [-0.39, 0.29) is 23.6 Å². The fourth-order valence-corrected chi connectivity index (χ4v) is 3.00. The molecule has 0 saturated heterocycles. The predicted octanol–water partition coefficient (Wildman–Crippen LogP) is 4.36. The summed E-state index contributed by atoms with van der Waals surface area (Å²) in [5.74, 6) is -0.0619. The van der Waals surface area contributed by atoms with E-state index >= 15 is 0 Å². The Bertz CT molecular complexity index is 1290. The number of nitro benzene ring substituents is 1. The van der Waals surface area contributed by atoms with E-state index in [1.807, 2.05) is 26.0 Å². The Morgan fingerprint density at radius 2 is 1.72 bits per heavy atom. The van der Waals surface area contributed by atoms with Gasteiger partial charge in [0, 0.05) is 12.1 Å². The van der Waals surface area contributed by atoms with Crippen molar-refractivity contribution in [2.24, 2.45) is 5.10 Å². The van der Waals surface area contributed by atoms with Crippen LogP contribution >= 0.6 is 0 Å². The first kappa shape index (κ1) is 25.9. The number of aryl methyl sites for hydroxylation is 2. The zero-order valence-electron chi connectivity index (χ0n) is 20.0. The molecular formula is C26H25N3O7. The maximum atomic E-state index is 12.4. The number of hydrazone groups is 1. The molecule has 0 fully saturated rings. The zero-order chi connectivity index (χ0) is 26.1. The number of amides is 1. The third-order valence-electron chi connectivity index (χ3n) is 5.04. The van der Waals surface area contributed by atoms with Gasteiger partial charge in [-0.1, -0.05) is 6.07 Å². The lowest BCUT2D eigenvalue weighted by molar-refractivity contribution is -0.384. The van der Waals surface area contributed by atoms with Crippen molar-refractivity contribution in [2.75, 3.05) is 13.2 Å². The Balaban J connectivity index is 1.60. The van der Waals surface area contributed by atoms with Gasteiger partial charge in [-0.25, -0.2) is 10.2 Å². The van der Waals surface area contributed by atoms with Crippen molar-refractivity contribution in [2.45, 2.75) is 20.8 Å². The minimum Gasteiger partial charge on any atom is -0.490 e. The molecular weight excluding hydrogens is 466 g/mol. The maximum absolute atomic E-state index is 12.4. The summed E-state index contributed by atoms with van der Waals surface area (Å²) < 4.78 is 16.4. The molecule has 0 aliphatic rings. The highest BCUT2D eigenvalue weighted by Crippen LogP contribution is 2.29. The van der Waals surface area contributed by atoms with Crippen LogP contribution < -0.4 is 19.6 Å². The Hall–Kier alpha value is -4.73. The summed E-state index contributed by atoms with van der Waals surface area (Å²) >= 11 is 0. The third-order valence-corrected chi connectivity index (χ3v) is 5.04. The highest BCUT2D eigenvalue weighted by atomic mass is 16.6. The van der Waals surface area contributed by atoms with E-state index in [2.05, 4.69) is 10.5 Å². The maximum Gasteiger partial charge on any atom is 0.343 e. The molecule has 10 nitrogen and oxygen atoms in total. The number of ether oxygens (including phenoxy) is 3. The number of nitrogens with one attached hydrogen (secondary N) is 1. The van der Waals surface area contributed by atoms with Gasteiger partial charge in [-0.3, -0.25) is 14.9 Å². The van der Waals surface area contributed by atoms with Crippen molar-refractivity contribution in [3.63, 3.8) is 0 Å². The monoisotopic (exact) mass is 491 g/mol. The highest BCUT2D eigenvalue weighted by Gasteiger charge is 2.15. The van der Waals surface area contributed by atoms with E-state index in [1.54, 1.807) is 25.1 Å². The van der Waals surface area contributed by atoms with Crippen LogP contribution in [0.2, 0.25) is 0 Å². The quantitative estimate of drug-likeness (QED) is 0.147. The normalized spacial score (nSPS) is 10.6. The second-order valence-corrected chi connectivity index (χ2v) is 7.66. The van der Waals surface area contributed by atoms with Crippen LogP contribution in [-0.2, 0) is 4.79 Å². The van der Waals surface area contributed by atoms with Crippen LogP contribution in [0.1, 0.15) is 34.0 Å². The summed E-state index contributed by atoms with van der Waals surface area (Å²) in [6.07, 6.45) is 1.42. The number of non-ortho nitro benzene ring substituents is 1. The smallest absolute Gasteiger partial charge is 0.343 e. The van der Waals surface area contributed by atoms with E-state index in [0.29, 0.717) is 23.7 Å². The molecule has 10 heteroatoms. The average Bonchev–Trinajstić information content (AvgIpc) is 2.86. The minimum atomic E-state index is -0.691. The van der Waals surface area contributed by atoms with E-state index in [0.717, 1.165) is 11.1 Å². The molecule has 0 heterocycles. The number of benzene rings is 3. The topological polar surface area (TPSA) is 129 Å². The fourth-order valence-electron chi connectivity index (χ4n) is 3.00. The fraction of sp³-hybridized carbons (Fsp3) is 0.192. The first-order chi connectivity index (χ1) is 17.3. The molecule has 3 rings (SSSR count). The first-order valence-electron chi connectivity index (χ1n) is 11.0. The van der Waals surface area contributed by atoms with Gasteiger partial charge in [0.2, 0.25) is 0 Å². The Morgan fingerprint density at radius 1 is 0.972 bits per heavy atom. The molecule has 0 unspecified atom stereocenters. The predicted molar refractivity (Wildman–Crippen MR) is 133 cm³/mol. The van der Waals surface area contributed by atoms with Crippen molar-refractivity contribution in [3.05, 3.63) is 93.0 Å². The van der Waals surface area contributed by atoms with Crippen molar-refractivity contribution in [1.29, 1.82) is 0 Å². The summed E-state index contributed by atoms with van der Waals surface area (Å²) in [5, 5.41) is 14.7. The first-order valence-corrected chi connectivity index (χ1v) is 11.0. The lowest BCUT2D eigenvalue weighted by Gasteiger charge is -2.11. The van der Waals surface area contributed by atoms with Gasteiger partial charge >= 0.3 is 5.97 Å². The molecule has 1 N–H and O–H groups in total. The van der Waals surface area contributed by atoms with Crippen LogP contribution in [0.25, 0.3) is 0 Å². The minimum absolute atomic E-state index is 0.130. The van der Waals surface area contributed by atoms with Gasteiger partial charge in [0.05, 0.1) is 23.3 Å². The van der Waals surface area contributed by atoms with Crippen LogP contribution in [0, 0.1) is 24.0 Å². The number of hydrogen-bond donors (Lipinski definition) is 1. The van der Waals surface area contributed by atoms with Gasteiger partial charge in [-0.2, -0.15) is 5.10 Å². The molecule has 0 aliphatic carbocycles. The lowest BCUT2D eigenvalue weighted by Crippen LogP contribution is -2.24. The molecule has 0 bridgehead atoms. The Kier molecular flexibility index (Phi) is 8.71. The molecule has 0 aliphatic heterocycles. The van der Waals surface area contributed by atoms with E-state index in [4.69, 9.17) is 14.2 Å². The average molecular weight is 492 g/mol. The summed E-state index contributed by atoms with van der Waals surface area (Å²) in [6, 6.07) is 15.4. The molecule has 1 amide bonds. The summed E-state index contributed by atoms with van der Waals surface area (Å²) in [7, 11) is 0. The van der Waals surface area contributed by atoms with Gasteiger partial charge in [0.15, 0.2) is 18.1 Å². The number of esters is 1. The summed E-state index contributed by atoms with van der Waals surface area (Å²) in [6.45, 7) is 5.85. The van der Waals surface area contributed by atoms with Crippen molar-refractivity contribution >= 4 is 23.8 Å². The molecule has 0 radical (unpaired) electrons. The van der Waals surface area contributed by atoms with Crippen LogP contribution in [0.4, 0.5) is 5.69 Å².